The number of nitrogens with zero attached hydrogens (tertiary/aromatic N) is 2. The van der Waals surface area contributed by atoms with Gasteiger partial charge in [-0.1, -0.05) is 29.8 Å². The molecule has 1 heterocycles. The molecule has 1 aliphatic rings. The van der Waals surface area contributed by atoms with E-state index in [1.807, 2.05) is 0 Å². The number of nitrogens with one attached hydrogen (secondary N) is 1. The average molecular weight is 562 g/mol. The van der Waals surface area contributed by atoms with Gasteiger partial charge in [-0.3, -0.25) is 25.0 Å². The normalized spacial score (nSPS) is 14.4. The summed E-state index contributed by atoms with van der Waals surface area (Å²) in [6.45, 7) is 1.93. The molecule has 0 spiro atoms. The molecule has 0 bridgehead atoms. The first kappa shape index (κ1) is 27.7. The van der Waals surface area contributed by atoms with Gasteiger partial charge in [0, 0.05) is 23.2 Å². The van der Waals surface area contributed by atoms with E-state index in [-0.39, 0.29) is 35.1 Å². The number of carbonyl (C=O) groups excluding carboxylic acids is 4. The lowest BCUT2D eigenvalue weighted by Gasteiger charge is -2.26. The number of rotatable bonds is 8. The number of barbiturate groups is 1. The summed E-state index contributed by atoms with van der Waals surface area (Å²) in [7, 11) is 0. The van der Waals surface area contributed by atoms with Gasteiger partial charge in [0.1, 0.15) is 5.57 Å². The van der Waals surface area contributed by atoms with Crippen LogP contribution < -0.4 is 19.7 Å². The number of hydrogen-bond donors (Lipinski definition) is 1. The molecule has 0 aromatic heterocycles. The summed E-state index contributed by atoms with van der Waals surface area (Å²) in [4.78, 5) is 61.6. The zero-order valence-electron chi connectivity index (χ0n) is 20.8. The number of halogens is 1. The quantitative estimate of drug-likeness (QED) is 0.102. The van der Waals surface area contributed by atoms with E-state index >= 15 is 0 Å². The topological polar surface area (TPSA) is 145 Å². The van der Waals surface area contributed by atoms with Crippen molar-refractivity contribution in [2.45, 2.75) is 6.92 Å². The molecule has 0 unspecified atom stereocenters. The van der Waals surface area contributed by atoms with Crippen LogP contribution in [0.25, 0.3) is 12.2 Å². The largest absolute Gasteiger partial charge is 0.490 e. The summed E-state index contributed by atoms with van der Waals surface area (Å²) >= 11 is 5.89. The summed E-state index contributed by atoms with van der Waals surface area (Å²) in [6, 6.07) is 15.2. The van der Waals surface area contributed by atoms with Crippen molar-refractivity contribution in [3.63, 3.8) is 0 Å². The number of nitro benzene ring substituents is 1. The fraction of sp³-hybridized carbons (Fsp3) is 0.0714. The smallest absolute Gasteiger partial charge is 0.336 e. The summed E-state index contributed by atoms with van der Waals surface area (Å²) in [5.74, 6) is -2.26. The Balaban J connectivity index is 1.56. The predicted molar refractivity (Wildman–Crippen MR) is 146 cm³/mol. The lowest BCUT2D eigenvalue weighted by atomic mass is 10.1. The van der Waals surface area contributed by atoms with E-state index in [4.69, 9.17) is 21.1 Å². The van der Waals surface area contributed by atoms with Gasteiger partial charge in [-0.15, -0.1) is 0 Å². The minimum Gasteiger partial charge on any atom is -0.490 e. The third kappa shape index (κ3) is 6.40. The summed E-state index contributed by atoms with van der Waals surface area (Å²) < 4.78 is 10.9. The second kappa shape index (κ2) is 12.0. The van der Waals surface area contributed by atoms with Gasteiger partial charge >= 0.3 is 12.0 Å². The van der Waals surface area contributed by atoms with Crippen LogP contribution in [0.5, 0.6) is 11.5 Å². The van der Waals surface area contributed by atoms with Gasteiger partial charge in [0.2, 0.25) is 0 Å². The number of non-ortho nitro benzene ring substituents is 1. The first-order valence-corrected chi connectivity index (χ1v) is 12.1. The molecule has 3 aromatic rings. The molecule has 40 heavy (non-hydrogen) atoms. The predicted octanol–water partition coefficient (Wildman–Crippen LogP) is 4.93. The molecular weight excluding hydrogens is 542 g/mol. The number of anilines is 1. The van der Waals surface area contributed by atoms with Crippen LogP contribution in [0, 0.1) is 10.1 Å². The summed E-state index contributed by atoms with van der Waals surface area (Å²) in [5, 5.41) is 13.5. The van der Waals surface area contributed by atoms with E-state index in [2.05, 4.69) is 5.32 Å². The van der Waals surface area contributed by atoms with Gasteiger partial charge in [0.25, 0.3) is 17.5 Å². The van der Waals surface area contributed by atoms with Gasteiger partial charge in [0.05, 0.1) is 17.2 Å². The number of carbonyl (C=O) groups is 4. The highest BCUT2D eigenvalue weighted by molar-refractivity contribution is 6.39. The number of nitro groups is 1. The van der Waals surface area contributed by atoms with Crippen molar-refractivity contribution in [3.05, 3.63) is 105 Å². The Morgan fingerprint density at radius 3 is 2.48 bits per heavy atom. The molecule has 4 amide bonds. The molecule has 4 rings (SSSR count). The van der Waals surface area contributed by atoms with Gasteiger partial charge in [0.15, 0.2) is 11.5 Å². The standard InChI is InChI=1S/C28H20ClN3O8/c1-2-39-24-16-18(6-12-23(24)40-25(33)13-7-17-4-3-5-21(14-17)32(37)38)15-22-26(34)30-28(36)31(27(22)35)20-10-8-19(29)9-11-20/h3-16H,2H2,1H3,(H,30,34,36)/b13-7+,22-15+. The van der Waals surface area contributed by atoms with E-state index in [9.17, 15) is 29.3 Å². The number of hydrogen-bond acceptors (Lipinski definition) is 8. The van der Waals surface area contributed by atoms with Gasteiger partial charge in [-0.25, -0.2) is 14.5 Å². The molecule has 0 atom stereocenters. The molecule has 1 N–H and O–H groups in total. The zero-order valence-corrected chi connectivity index (χ0v) is 21.6. The molecule has 11 nitrogen and oxygen atoms in total. The molecule has 1 aliphatic heterocycles. The van der Waals surface area contributed by atoms with Crippen molar-refractivity contribution in [3.8, 4) is 11.5 Å². The van der Waals surface area contributed by atoms with E-state index in [0.29, 0.717) is 16.1 Å². The van der Waals surface area contributed by atoms with E-state index in [1.54, 1.807) is 13.0 Å². The molecule has 0 saturated carbocycles. The fourth-order valence-electron chi connectivity index (χ4n) is 3.66. The Kier molecular flexibility index (Phi) is 8.36. The third-order valence-corrected chi connectivity index (χ3v) is 5.72. The van der Waals surface area contributed by atoms with Crippen LogP contribution in [-0.4, -0.2) is 35.3 Å². The van der Waals surface area contributed by atoms with Gasteiger partial charge < -0.3 is 9.47 Å². The van der Waals surface area contributed by atoms with E-state index in [0.717, 1.165) is 11.0 Å². The first-order chi connectivity index (χ1) is 19.2. The zero-order chi connectivity index (χ0) is 28.8. The maximum Gasteiger partial charge on any atom is 0.336 e. The Hall–Kier alpha value is -5.29. The van der Waals surface area contributed by atoms with Crippen LogP contribution in [0.4, 0.5) is 16.2 Å². The van der Waals surface area contributed by atoms with E-state index in [1.165, 1.54) is 72.8 Å². The fourth-order valence-corrected chi connectivity index (χ4v) is 3.79. The van der Waals surface area contributed by atoms with Gasteiger partial charge in [-0.05, 0) is 66.6 Å². The monoisotopic (exact) mass is 561 g/mol. The maximum absolute atomic E-state index is 13.1. The maximum atomic E-state index is 13.1. The molecule has 1 fully saturated rings. The molecule has 12 heteroatoms. The van der Waals surface area contributed by atoms with Crippen molar-refractivity contribution in [1.29, 1.82) is 0 Å². The van der Waals surface area contributed by atoms with Crippen LogP contribution >= 0.6 is 11.6 Å². The lowest BCUT2D eigenvalue weighted by Crippen LogP contribution is -2.54. The Morgan fingerprint density at radius 1 is 1.02 bits per heavy atom. The van der Waals surface area contributed by atoms with Crippen molar-refractivity contribution < 1.29 is 33.6 Å². The highest BCUT2D eigenvalue weighted by Gasteiger charge is 2.36. The molecule has 202 valence electrons. The molecule has 3 aromatic carbocycles. The molecular formula is C28H20ClN3O8. The van der Waals surface area contributed by atoms with E-state index < -0.39 is 28.7 Å². The minimum atomic E-state index is -0.898. The lowest BCUT2D eigenvalue weighted by molar-refractivity contribution is -0.384. The Labute approximate surface area is 232 Å². The van der Waals surface area contributed by atoms with Crippen LogP contribution in [0.2, 0.25) is 5.02 Å². The van der Waals surface area contributed by atoms with Crippen LogP contribution in [-0.2, 0) is 14.4 Å². The molecule has 0 aliphatic carbocycles. The second-order valence-corrected chi connectivity index (χ2v) is 8.62. The third-order valence-electron chi connectivity index (χ3n) is 5.47. The Bertz CT molecular complexity index is 1580. The van der Waals surface area contributed by atoms with Crippen molar-refractivity contribution in [1.82, 2.24) is 5.32 Å². The number of benzene rings is 3. The van der Waals surface area contributed by atoms with Crippen LogP contribution in [0.1, 0.15) is 18.1 Å². The number of urea groups is 1. The summed E-state index contributed by atoms with van der Waals surface area (Å²) in [5.41, 5.74) is 0.589. The number of imide groups is 2. The van der Waals surface area contributed by atoms with Gasteiger partial charge in [-0.2, -0.15) is 0 Å². The van der Waals surface area contributed by atoms with Crippen molar-refractivity contribution >= 4 is 58.9 Å². The number of ether oxygens (including phenoxy) is 2. The highest BCUT2D eigenvalue weighted by atomic mass is 35.5. The number of amides is 4. The highest BCUT2D eigenvalue weighted by Crippen LogP contribution is 2.31. The van der Waals surface area contributed by atoms with Crippen LogP contribution in [0.15, 0.2) is 78.4 Å². The number of esters is 1. The SMILES string of the molecule is CCOc1cc(/C=C2\C(=O)NC(=O)N(c3ccc(Cl)cc3)C2=O)ccc1OC(=O)/C=C/c1cccc([N+](=O)[O-])c1. The second-order valence-electron chi connectivity index (χ2n) is 8.18. The summed E-state index contributed by atoms with van der Waals surface area (Å²) in [6.07, 6.45) is 3.76. The first-order valence-electron chi connectivity index (χ1n) is 11.7. The van der Waals surface area contributed by atoms with Crippen LogP contribution in [0.3, 0.4) is 0 Å². The van der Waals surface area contributed by atoms with Crippen molar-refractivity contribution in [2.75, 3.05) is 11.5 Å². The Morgan fingerprint density at radius 2 is 1.77 bits per heavy atom. The minimum absolute atomic E-state index is 0.0649. The van der Waals surface area contributed by atoms with Crippen molar-refractivity contribution in [2.24, 2.45) is 0 Å². The molecule has 1 saturated heterocycles. The molecule has 0 radical (unpaired) electrons. The average Bonchev–Trinajstić information content (AvgIpc) is 2.92.